The van der Waals surface area contributed by atoms with Gasteiger partial charge in [-0.2, -0.15) is 0 Å². The number of fused-ring (bicyclic) bond motifs is 1. The van der Waals surface area contributed by atoms with E-state index >= 15 is 0 Å². The van der Waals surface area contributed by atoms with Crippen molar-refractivity contribution in [2.45, 2.75) is 44.1 Å². The van der Waals surface area contributed by atoms with Gasteiger partial charge in [-0.1, -0.05) is 19.3 Å². The minimum Gasteiger partial charge on any atom is -0.493 e. The van der Waals surface area contributed by atoms with Gasteiger partial charge in [-0.15, -0.1) is 0 Å². The van der Waals surface area contributed by atoms with Crippen molar-refractivity contribution in [3.05, 3.63) is 29.1 Å². The van der Waals surface area contributed by atoms with Crippen molar-refractivity contribution in [2.24, 2.45) is 5.73 Å². The number of halogens is 1. The zero-order chi connectivity index (χ0) is 11.9. The first-order valence-electron chi connectivity index (χ1n) is 6.44. The van der Waals surface area contributed by atoms with E-state index in [4.69, 9.17) is 10.5 Å². The summed E-state index contributed by atoms with van der Waals surface area (Å²) in [7, 11) is 0. The average Bonchev–Trinajstić information content (AvgIpc) is 2.76. The summed E-state index contributed by atoms with van der Waals surface area (Å²) in [6.07, 6.45) is 6.08. The van der Waals surface area contributed by atoms with Gasteiger partial charge in [0.1, 0.15) is 11.6 Å². The summed E-state index contributed by atoms with van der Waals surface area (Å²) >= 11 is 0. The summed E-state index contributed by atoms with van der Waals surface area (Å²) in [6, 6.07) is 3.45. The van der Waals surface area contributed by atoms with Crippen molar-refractivity contribution in [3.8, 4) is 5.75 Å². The highest BCUT2D eigenvalue weighted by Gasteiger charge is 2.33. The predicted molar refractivity (Wildman–Crippen MR) is 64.5 cm³/mol. The Morgan fingerprint density at radius 3 is 2.71 bits per heavy atom. The van der Waals surface area contributed by atoms with Gasteiger partial charge in [0.25, 0.3) is 0 Å². The van der Waals surface area contributed by atoms with E-state index in [9.17, 15) is 4.39 Å². The lowest BCUT2D eigenvalue weighted by molar-refractivity contribution is 0.292. The second-order valence-electron chi connectivity index (χ2n) is 5.26. The number of nitrogens with two attached hydrogens (primary N) is 1. The molecule has 0 amide bonds. The van der Waals surface area contributed by atoms with Crippen LogP contribution in [-0.2, 0) is 12.0 Å². The highest BCUT2D eigenvalue weighted by Crippen LogP contribution is 2.39. The molecule has 1 aliphatic carbocycles. The maximum atomic E-state index is 14.1. The summed E-state index contributed by atoms with van der Waals surface area (Å²) in [4.78, 5) is 0. The molecule has 1 fully saturated rings. The second kappa shape index (κ2) is 3.98. The van der Waals surface area contributed by atoms with Gasteiger partial charge in [-0.3, -0.25) is 0 Å². The minimum absolute atomic E-state index is 0.199. The van der Waals surface area contributed by atoms with Gasteiger partial charge >= 0.3 is 0 Å². The third-order valence-electron chi connectivity index (χ3n) is 4.06. The van der Waals surface area contributed by atoms with Crippen LogP contribution in [-0.4, -0.2) is 6.61 Å². The Bertz CT molecular complexity index is 438. The highest BCUT2D eigenvalue weighted by molar-refractivity contribution is 5.43. The molecule has 0 unspecified atom stereocenters. The van der Waals surface area contributed by atoms with E-state index in [0.29, 0.717) is 17.9 Å². The second-order valence-corrected chi connectivity index (χ2v) is 5.26. The first-order valence-corrected chi connectivity index (χ1v) is 6.44. The molecule has 2 nitrogen and oxygen atoms in total. The molecule has 1 heterocycles. The lowest BCUT2D eigenvalue weighted by Gasteiger charge is -2.34. The van der Waals surface area contributed by atoms with Crippen molar-refractivity contribution in [1.29, 1.82) is 0 Å². The molecule has 1 saturated carbocycles. The van der Waals surface area contributed by atoms with Crippen LogP contribution in [0.2, 0.25) is 0 Å². The van der Waals surface area contributed by atoms with Crippen LogP contribution in [0.5, 0.6) is 5.75 Å². The van der Waals surface area contributed by atoms with E-state index in [1.54, 1.807) is 0 Å². The number of rotatable bonds is 1. The fourth-order valence-electron chi connectivity index (χ4n) is 3.03. The Kier molecular flexibility index (Phi) is 2.58. The normalized spacial score (nSPS) is 22.0. The van der Waals surface area contributed by atoms with Gasteiger partial charge in [-0.05, 0) is 24.5 Å². The van der Waals surface area contributed by atoms with Crippen molar-refractivity contribution < 1.29 is 9.13 Å². The molecule has 2 N–H and O–H groups in total. The Labute approximate surface area is 101 Å². The van der Waals surface area contributed by atoms with Crippen LogP contribution >= 0.6 is 0 Å². The Morgan fingerprint density at radius 1 is 1.18 bits per heavy atom. The lowest BCUT2D eigenvalue weighted by Crippen LogP contribution is -2.39. The molecule has 1 aliphatic heterocycles. The largest absolute Gasteiger partial charge is 0.493 e. The van der Waals surface area contributed by atoms with Crippen molar-refractivity contribution >= 4 is 0 Å². The molecular formula is C14H18FNO. The molecule has 0 bridgehead atoms. The molecular weight excluding hydrogens is 217 g/mol. The van der Waals surface area contributed by atoms with Gasteiger partial charge < -0.3 is 10.5 Å². The average molecular weight is 235 g/mol. The number of benzene rings is 1. The van der Waals surface area contributed by atoms with Gasteiger partial charge in [0.2, 0.25) is 0 Å². The van der Waals surface area contributed by atoms with E-state index in [0.717, 1.165) is 37.7 Å². The maximum absolute atomic E-state index is 14.1. The molecule has 0 atom stereocenters. The Hall–Kier alpha value is -1.09. The Morgan fingerprint density at radius 2 is 1.94 bits per heavy atom. The SMILES string of the molecule is NC1(c2cc3c(cc2F)OCC3)CCCCC1. The zero-order valence-corrected chi connectivity index (χ0v) is 9.97. The minimum atomic E-state index is -0.458. The Balaban J connectivity index is 2.02. The summed E-state index contributed by atoms with van der Waals surface area (Å²) in [5, 5.41) is 0. The van der Waals surface area contributed by atoms with E-state index in [1.165, 1.54) is 12.5 Å². The van der Waals surface area contributed by atoms with Gasteiger partial charge in [-0.25, -0.2) is 4.39 Å². The van der Waals surface area contributed by atoms with Crippen LogP contribution in [0.3, 0.4) is 0 Å². The molecule has 2 aliphatic rings. The van der Waals surface area contributed by atoms with Crippen molar-refractivity contribution in [1.82, 2.24) is 0 Å². The van der Waals surface area contributed by atoms with E-state index in [1.807, 2.05) is 6.07 Å². The van der Waals surface area contributed by atoms with Crippen LogP contribution in [0.4, 0.5) is 4.39 Å². The van der Waals surface area contributed by atoms with Crippen molar-refractivity contribution in [2.75, 3.05) is 6.61 Å². The third-order valence-corrected chi connectivity index (χ3v) is 4.06. The summed E-state index contributed by atoms with van der Waals surface area (Å²) < 4.78 is 19.5. The quantitative estimate of drug-likeness (QED) is 0.812. The summed E-state index contributed by atoms with van der Waals surface area (Å²) in [5.74, 6) is 0.501. The highest BCUT2D eigenvalue weighted by atomic mass is 19.1. The van der Waals surface area contributed by atoms with E-state index in [-0.39, 0.29) is 5.82 Å². The summed E-state index contributed by atoms with van der Waals surface area (Å²) in [6.45, 7) is 0.662. The predicted octanol–water partition coefficient (Wildman–Crippen LogP) is 2.88. The molecule has 17 heavy (non-hydrogen) atoms. The van der Waals surface area contributed by atoms with Crippen LogP contribution in [0, 0.1) is 5.82 Å². The van der Waals surface area contributed by atoms with Crippen LogP contribution < -0.4 is 10.5 Å². The number of ether oxygens (including phenoxy) is 1. The molecule has 0 radical (unpaired) electrons. The van der Waals surface area contributed by atoms with Gasteiger partial charge in [0.15, 0.2) is 0 Å². The molecule has 1 aromatic rings. The molecule has 1 aromatic carbocycles. The molecule has 0 spiro atoms. The van der Waals surface area contributed by atoms with Crippen molar-refractivity contribution in [3.63, 3.8) is 0 Å². The van der Waals surface area contributed by atoms with Gasteiger partial charge in [0.05, 0.1) is 6.61 Å². The first kappa shape index (κ1) is 11.0. The van der Waals surface area contributed by atoms with Gasteiger partial charge in [0, 0.05) is 23.6 Å². The first-order chi connectivity index (χ1) is 8.19. The fraction of sp³-hybridized carbons (Fsp3) is 0.571. The molecule has 0 aromatic heterocycles. The summed E-state index contributed by atoms with van der Waals surface area (Å²) in [5.41, 5.74) is 7.74. The fourth-order valence-corrected chi connectivity index (χ4v) is 3.03. The van der Waals surface area contributed by atoms with Crippen LogP contribution in [0.25, 0.3) is 0 Å². The van der Waals surface area contributed by atoms with Crippen LogP contribution in [0.1, 0.15) is 43.2 Å². The van der Waals surface area contributed by atoms with E-state index < -0.39 is 5.54 Å². The number of hydrogen-bond acceptors (Lipinski definition) is 2. The van der Waals surface area contributed by atoms with Crippen LogP contribution in [0.15, 0.2) is 12.1 Å². The monoisotopic (exact) mass is 235 g/mol. The number of hydrogen-bond donors (Lipinski definition) is 1. The molecule has 3 heteroatoms. The maximum Gasteiger partial charge on any atom is 0.131 e. The molecule has 3 rings (SSSR count). The smallest absolute Gasteiger partial charge is 0.131 e. The molecule has 92 valence electrons. The lowest BCUT2D eigenvalue weighted by atomic mass is 9.77. The standard InChI is InChI=1S/C14H18FNO/c15-12-9-13-10(4-7-17-13)8-11(12)14(16)5-2-1-3-6-14/h8-9H,1-7,16H2. The molecule has 0 saturated heterocycles. The third kappa shape index (κ3) is 1.82. The van der Waals surface area contributed by atoms with E-state index in [2.05, 4.69) is 0 Å². The zero-order valence-electron chi connectivity index (χ0n) is 9.97. The topological polar surface area (TPSA) is 35.2 Å².